The molecular weight excluding hydrogens is 468 g/mol. The topological polar surface area (TPSA) is 189 Å². The second-order valence-corrected chi connectivity index (χ2v) is 7.81. The average molecular weight is 492 g/mol. The molecule has 12 heteroatoms. The van der Waals surface area contributed by atoms with Gasteiger partial charge in [0.1, 0.15) is 46.9 Å². The Hall–Kier alpha value is -3.55. The molecule has 0 aliphatic carbocycles. The van der Waals surface area contributed by atoms with Gasteiger partial charge in [0.2, 0.25) is 17.5 Å². The molecule has 1 aliphatic heterocycles. The Balaban J connectivity index is 1.92. The van der Waals surface area contributed by atoms with Crippen LogP contribution in [-0.2, 0) is 4.74 Å². The van der Waals surface area contributed by atoms with Crippen molar-refractivity contribution in [2.45, 2.75) is 30.7 Å². The number of aromatic hydroxyl groups is 2. The van der Waals surface area contributed by atoms with E-state index in [1.54, 1.807) is 0 Å². The van der Waals surface area contributed by atoms with E-state index in [9.17, 15) is 35.4 Å². The normalized spacial score (nSPS) is 24.3. The molecule has 12 nitrogen and oxygen atoms in total. The maximum absolute atomic E-state index is 13.5. The monoisotopic (exact) mass is 492 g/mol. The number of phenolic OH excluding ortho intramolecular Hbond substituents is 2. The van der Waals surface area contributed by atoms with E-state index < -0.39 is 54.2 Å². The van der Waals surface area contributed by atoms with Crippen LogP contribution in [0.5, 0.6) is 28.7 Å². The second-order valence-electron chi connectivity index (χ2n) is 7.81. The van der Waals surface area contributed by atoms with E-state index in [0.717, 1.165) is 0 Å². The summed E-state index contributed by atoms with van der Waals surface area (Å²) in [6.07, 6.45) is -8.20. The van der Waals surface area contributed by atoms with Gasteiger partial charge in [-0.15, -0.1) is 0 Å². The van der Waals surface area contributed by atoms with Crippen molar-refractivity contribution in [3.8, 4) is 40.1 Å². The molecule has 4 rings (SSSR count). The van der Waals surface area contributed by atoms with Crippen molar-refractivity contribution in [1.82, 2.24) is 0 Å². The van der Waals surface area contributed by atoms with Crippen molar-refractivity contribution in [1.29, 1.82) is 0 Å². The van der Waals surface area contributed by atoms with Crippen LogP contribution >= 0.6 is 0 Å². The first-order chi connectivity index (χ1) is 16.7. The summed E-state index contributed by atoms with van der Waals surface area (Å²) in [6, 6.07) is 6.62. The van der Waals surface area contributed by atoms with Crippen LogP contribution in [0.15, 0.2) is 39.5 Å². The molecule has 2 aromatic carbocycles. The lowest BCUT2D eigenvalue weighted by Gasteiger charge is -2.39. The Morgan fingerprint density at radius 3 is 2.34 bits per heavy atom. The molecule has 0 saturated carbocycles. The zero-order chi connectivity index (χ0) is 25.4. The molecule has 1 saturated heterocycles. The van der Waals surface area contributed by atoms with Crippen molar-refractivity contribution in [3.05, 3.63) is 40.6 Å². The molecule has 0 amide bonds. The summed E-state index contributed by atoms with van der Waals surface area (Å²) in [5.41, 5.74) is -0.707. The summed E-state index contributed by atoms with van der Waals surface area (Å²) < 4.78 is 27.2. The lowest BCUT2D eigenvalue weighted by Crippen LogP contribution is -2.60. The van der Waals surface area contributed by atoms with Gasteiger partial charge in [0, 0.05) is 17.7 Å². The van der Waals surface area contributed by atoms with Crippen molar-refractivity contribution in [3.63, 3.8) is 0 Å². The first-order valence-corrected chi connectivity index (χ1v) is 10.4. The number of phenols is 2. The van der Waals surface area contributed by atoms with E-state index >= 15 is 0 Å². The predicted molar refractivity (Wildman–Crippen MR) is 119 cm³/mol. The molecule has 0 unspecified atom stereocenters. The molecule has 6 N–H and O–H groups in total. The Labute approximate surface area is 197 Å². The first-order valence-electron chi connectivity index (χ1n) is 10.4. The Kier molecular flexibility index (Phi) is 6.74. The van der Waals surface area contributed by atoms with E-state index in [-0.39, 0.29) is 39.5 Å². The van der Waals surface area contributed by atoms with Gasteiger partial charge in [-0.25, -0.2) is 0 Å². The summed E-state index contributed by atoms with van der Waals surface area (Å²) in [4.78, 5) is 13.5. The summed E-state index contributed by atoms with van der Waals surface area (Å²) in [5.74, 6) is -1.11. The fraction of sp³-hybridized carbons (Fsp3) is 0.348. The van der Waals surface area contributed by atoms with Crippen LogP contribution in [0.4, 0.5) is 0 Å². The molecule has 0 spiro atoms. The first kappa shape index (κ1) is 24.6. The molecule has 0 radical (unpaired) electrons. The van der Waals surface area contributed by atoms with Crippen LogP contribution < -0.4 is 19.6 Å². The number of benzene rings is 2. The van der Waals surface area contributed by atoms with Crippen molar-refractivity contribution in [2.24, 2.45) is 0 Å². The highest BCUT2D eigenvalue weighted by Gasteiger charge is 2.45. The van der Waals surface area contributed by atoms with Gasteiger partial charge < -0.3 is 54.0 Å². The largest absolute Gasteiger partial charge is 0.507 e. The Bertz CT molecular complexity index is 1280. The number of ether oxygens (including phenoxy) is 4. The van der Waals surface area contributed by atoms with Gasteiger partial charge in [-0.05, 0) is 18.2 Å². The minimum atomic E-state index is -1.81. The summed E-state index contributed by atoms with van der Waals surface area (Å²) >= 11 is 0. The molecular formula is C23H24O12. The molecule has 35 heavy (non-hydrogen) atoms. The molecule has 1 aliphatic rings. The van der Waals surface area contributed by atoms with Crippen molar-refractivity contribution < 1.29 is 54.0 Å². The summed E-state index contributed by atoms with van der Waals surface area (Å²) in [6.45, 7) is -0.709. The van der Waals surface area contributed by atoms with Crippen LogP contribution in [0, 0.1) is 0 Å². The van der Waals surface area contributed by atoms with Crippen LogP contribution in [0.1, 0.15) is 0 Å². The smallest absolute Gasteiger partial charge is 0.239 e. The molecule has 1 fully saturated rings. The Morgan fingerprint density at radius 2 is 1.69 bits per heavy atom. The molecule has 3 aromatic rings. The molecule has 5 atom stereocenters. The molecule has 1 aromatic heterocycles. The number of aliphatic hydroxyl groups excluding tert-OH is 4. The average Bonchev–Trinajstić information content (AvgIpc) is 2.85. The quantitative estimate of drug-likeness (QED) is 0.272. The lowest BCUT2D eigenvalue weighted by molar-refractivity contribution is -0.277. The number of hydrogen-bond donors (Lipinski definition) is 6. The minimum absolute atomic E-state index is 0.0533. The number of rotatable bonds is 6. The van der Waals surface area contributed by atoms with E-state index in [0.29, 0.717) is 0 Å². The van der Waals surface area contributed by atoms with Crippen LogP contribution in [-0.4, -0.2) is 82.2 Å². The van der Waals surface area contributed by atoms with Gasteiger partial charge in [-0.1, -0.05) is 0 Å². The Morgan fingerprint density at radius 1 is 0.943 bits per heavy atom. The maximum Gasteiger partial charge on any atom is 0.239 e. The molecule has 188 valence electrons. The zero-order valence-electron chi connectivity index (χ0n) is 18.6. The highest BCUT2D eigenvalue weighted by molar-refractivity contribution is 5.88. The number of hydrogen-bond acceptors (Lipinski definition) is 12. The number of fused-ring (bicyclic) bond motifs is 1. The van der Waals surface area contributed by atoms with Gasteiger partial charge in [-0.3, -0.25) is 4.79 Å². The van der Waals surface area contributed by atoms with Gasteiger partial charge in [-0.2, -0.15) is 0 Å². The second kappa shape index (κ2) is 9.60. The van der Waals surface area contributed by atoms with Gasteiger partial charge in [0.05, 0.1) is 20.8 Å². The minimum Gasteiger partial charge on any atom is -0.507 e. The highest BCUT2D eigenvalue weighted by Crippen LogP contribution is 2.39. The SMILES string of the molecule is COc1cc(O)c2c(=O)c(O[C@H]3O[C@@H](CO)[C@@H](O)[C@@H](O)[C@H]3O)c(-c3ccc(O)c(OC)c3)oc2c1. The standard InChI is InChI=1S/C23H24O12/c1-31-10-6-12(26)16-14(7-10)33-21(9-3-4-11(25)13(5-9)32-2)22(18(16)28)35-23-20(30)19(29)17(27)15(8-24)34-23/h3-7,15,17,19-20,23-27,29-30H,8H2,1-2H3/t15-,17+,19+,20+,23+/m0/s1. The summed E-state index contributed by atoms with van der Waals surface area (Å²) in [7, 11) is 2.69. The summed E-state index contributed by atoms with van der Waals surface area (Å²) in [5, 5.41) is 60.1. The molecule has 2 heterocycles. The van der Waals surface area contributed by atoms with Gasteiger partial charge in [0.15, 0.2) is 17.3 Å². The predicted octanol–water partition coefficient (Wildman–Crippen LogP) is 0.0671. The maximum atomic E-state index is 13.5. The van der Waals surface area contributed by atoms with E-state index in [2.05, 4.69) is 0 Å². The fourth-order valence-corrected chi connectivity index (χ4v) is 3.77. The highest BCUT2D eigenvalue weighted by atomic mass is 16.7. The van der Waals surface area contributed by atoms with Crippen LogP contribution in [0.2, 0.25) is 0 Å². The fourth-order valence-electron chi connectivity index (χ4n) is 3.77. The van der Waals surface area contributed by atoms with E-state index in [1.165, 1.54) is 44.6 Å². The van der Waals surface area contributed by atoms with E-state index in [1.807, 2.05) is 0 Å². The van der Waals surface area contributed by atoms with Crippen molar-refractivity contribution in [2.75, 3.05) is 20.8 Å². The third-order valence-corrected chi connectivity index (χ3v) is 5.67. The van der Waals surface area contributed by atoms with Crippen LogP contribution in [0.3, 0.4) is 0 Å². The van der Waals surface area contributed by atoms with Gasteiger partial charge >= 0.3 is 0 Å². The zero-order valence-corrected chi connectivity index (χ0v) is 18.6. The van der Waals surface area contributed by atoms with Crippen LogP contribution in [0.25, 0.3) is 22.3 Å². The van der Waals surface area contributed by atoms with Gasteiger partial charge in [0.25, 0.3) is 0 Å². The number of methoxy groups -OCH3 is 2. The number of aliphatic hydroxyl groups is 4. The third-order valence-electron chi connectivity index (χ3n) is 5.67. The van der Waals surface area contributed by atoms with E-state index in [4.69, 9.17) is 23.4 Å². The third kappa shape index (κ3) is 4.33. The van der Waals surface area contributed by atoms with Crippen molar-refractivity contribution >= 4 is 11.0 Å². The lowest BCUT2D eigenvalue weighted by atomic mass is 9.99. The molecule has 0 bridgehead atoms.